The zero-order chi connectivity index (χ0) is 19.2. The van der Waals surface area contributed by atoms with Crippen molar-refractivity contribution in [2.45, 2.75) is 32.1 Å². The molecule has 0 aliphatic carbocycles. The highest BCUT2D eigenvalue weighted by atomic mass is 15.3. The average Bonchev–Trinajstić information content (AvgIpc) is 3.39. The molecule has 1 N–H and O–H groups in total. The second kappa shape index (κ2) is 8.87. The number of benzene rings is 1. The van der Waals surface area contributed by atoms with Gasteiger partial charge in [-0.3, -0.25) is 9.39 Å². The summed E-state index contributed by atoms with van der Waals surface area (Å²) >= 11 is 0. The van der Waals surface area contributed by atoms with Crippen LogP contribution in [0, 0.1) is 0 Å². The molecule has 0 spiro atoms. The molecule has 4 rings (SSSR count). The third-order valence-corrected chi connectivity index (χ3v) is 5.30. The van der Waals surface area contributed by atoms with Crippen molar-refractivity contribution in [3.8, 4) is 0 Å². The second-order valence-electron chi connectivity index (χ2n) is 7.23. The Hall–Kier alpha value is -2.89. The van der Waals surface area contributed by atoms with E-state index >= 15 is 0 Å². The quantitative estimate of drug-likeness (QED) is 0.408. The lowest BCUT2D eigenvalue weighted by Crippen LogP contribution is -2.40. The molecule has 1 fully saturated rings. The molecule has 2 aromatic heterocycles. The normalized spacial score (nSPS) is 17.4. The van der Waals surface area contributed by atoms with Gasteiger partial charge in [-0.15, -0.1) is 10.2 Å². The first kappa shape index (κ1) is 18.5. The maximum absolute atomic E-state index is 4.88. The Labute approximate surface area is 166 Å². The van der Waals surface area contributed by atoms with Crippen molar-refractivity contribution in [1.82, 2.24) is 24.8 Å². The topological polar surface area (TPSA) is 57.8 Å². The highest BCUT2D eigenvalue weighted by Crippen LogP contribution is 2.26. The molecular weight excluding hydrogens is 348 g/mol. The number of likely N-dealkylation sites (tertiary alicyclic amines) is 1. The van der Waals surface area contributed by atoms with E-state index in [0.717, 1.165) is 56.5 Å². The summed E-state index contributed by atoms with van der Waals surface area (Å²) in [5.41, 5.74) is 2.33. The Morgan fingerprint density at radius 3 is 2.86 bits per heavy atom. The van der Waals surface area contributed by atoms with Gasteiger partial charge < -0.3 is 10.2 Å². The van der Waals surface area contributed by atoms with Crippen LogP contribution < -0.4 is 5.32 Å². The molecule has 0 saturated carbocycles. The van der Waals surface area contributed by atoms with Gasteiger partial charge in [0.15, 0.2) is 11.6 Å². The number of aromatic nitrogens is 3. The van der Waals surface area contributed by atoms with Gasteiger partial charge in [-0.05, 0) is 37.5 Å². The van der Waals surface area contributed by atoms with Crippen LogP contribution in [0.1, 0.15) is 37.1 Å². The highest BCUT2D eigenvalue weighted by molar-refractivity contribution is 5.80. The fraction of sp³-hybridized carbons (Fsp3) is 0.409. The first-order chi connectivity index (χ1) is 13.8. The largest absolute Gasteiger partial charge is 0.357 e. The van der Waals surface area contributed by atoms with Crippen LogP contribution in [0.15, 0.2) is 59.7 Å². The van der Waals surface area contributed by atoms with E-state index in [0.29, 0.717) is 5.92 Å². The summed E-state index contributed by atoms with van der Waals surface area (Å²) in [5, 5.41) is 12.0. The molecule has 3 aromatic rings. The van der Waals surface area contributed by atoms with Crippen molar-refractivity contribution in [3.63, 3.8) is 0 Å². The summed E-state index contributed by atoms with van der Waals surface area (Å²) in [6.07, 6.45) is 5.04. The van der Waals surface area contributed by atoms with E-state index in [-0.39, 0.29) is 0 Å². The van der Waals surface area contributed by atoms with Gasteiger partial charge in [0.2, 0.25) is 0 Å². The SMILES string of the molecule is CCNC(=NCCCc1nnc2ccccn12)N1CCC(c2ccccc2)C1. The van der Waals surface area contributed by atoms with Gasteiger partial charge in [0, 0.05) is 44.7 Å². The highest BCUT2D eigenvalue weighted by Gasteiger charge is 2.25. The van der Waals surface area contributed by atoms with Gasteiger partial charge >= 0.3 is 0 Å². The van der Waals surface area contributed by atoms with Crippen LogP contribution in [0.4, 0.5) is 0 Å². The van der Waals surface area contributed by atoms with Crippen LogP contribution in [0.25, 0.3) is 5.65 Å². The van der Waals surface area contributed by atoms with E-state index in [1.165, 1.54) is 12.0 Å². The summed E-state index contributed by atoms with van der Waals surface area (Å²) in [6.45, 7) is 5.89. The molecule has 1 saturated heterocycles. The summed E-state index contributed by atoms with van der Waals surface area (Å²) in [7, 11) is 0. The molecule has 1 unspecified atom stereocenters. The number of guanidine groups is 1. The van der Waals surface area contributed by atoms with Crippen molar-refractivity contribution >= 4 is 11.6 Å². The molecule has 6 nitrogen and oxygen atoms in total. The van der Waals surface area contributed by atoms with Crippen molar-refractivity contribution < 1.29 is 0 Å². The number of rotatable bonds is 6. The molecule has 3 heterocycles. The second-order valence-corrected chi connectivity index (χ2v) is 7.23. The third-order valence-electron chi connectivity index (χ3n) is 5.30. The Bertz CT molecular complexity index is 917. The van der Waals surface area contributed by atoms with Crippen LogP contribution in [0.3, 0.4) is 0 Å². The Morgan fingerprint density at radius 1 is 1.14 bits per heavy atom. The van der Waals surface area contributed by atoms with E-state index < -0.39 is 0 Å². The van der Waals surface area contributed by atoms with Crippen LogP contribution in [0.5, 0.6) is 0 Å². The van der Waals surface area contributed by atoms with Crippen molar-refractivity contribution in [1.29, 1.82) is 0 Å². The number of hydrogen-bond acceptors (Lipinski definition) is 3. The Morgan fingerprint density at radius 2 is 2.00 bits per heavy atom. The average molecular weight is 377 g/mol. The van der Waals surface area contributed by atoms with Crippen LogP contribution in [0.2, 0.25) is 0 Å². The molecule has 0 bridgehead atoms. The van der Waals surface area contributed by atoms with E-state index in [9.17, 15) is 0 Å². The van der Waals surface area contributed by atoms with E-state index in [1.54, 1.807) is 0 Å². The van der Waals surface area contributed by atoms with E-state index in [1.807, 2.05) is 24.4 Å². The number of nitrogens with one attached hydrogen (secondary N) is 1. The number of pyridine rings is 1. The summed E-state index contributed by atoms with van der Waals surface area (Å²) in [6, 6.07) is 16.8. The van der Waals surface area contributed by atoms with Gasteiger partial charge in [-0.2, -0.15) is 0 Å². The molecule has 6 heteroatoms. The van der Waals surface area contributed by atoms with E-state index in [4.69, 9.17) is 4.99 Å². The lowest BCUT2D eigenvalue weighted by atomic mass is 9.99. The van der Waals surface area contributed by atoms with Gasteiger partial charge in [0.1, 0.15) is 5.82 Å². The molecule has 1 aliphatic heterocycles. The zero-order valence-electron chi connectivity index (χ0n) is 16.5. The predicted molar refractivity (Wildman–Crippen MR) is 113 cm³/mol. The minimum atomic E-state index is 0.590. The molecule has 146 valence electrons. The molecular formula is C22H28N6. The maximum Gasteiger partial charge on any atom is 0.193 e. The van der Waals surface area contributed by atoms with Crippen LogP contribution in [-0.4, -0.2) is 51.6 Å². The molecule has 0 amide bonds. The van der Waals surface area contributed by atoms with Crippen molar-refractivity contribution in [2.75, 3.05) is 26.2 Å². The lowest BCUT2D eigenvalue weighted by molar-refractivity contribution is 0.485. The molecule has 1 atom stereocenters. The fourth-order valence-electron chi connectivity index (χ4n) is 3.86. The fourth-order valence-corrected chi connectivity index (χ4v) is 3.86. The van der Waals surface area contributed by atoms with Crippen LogP contribution >= 0.6 is 0 Å². The Kier molecular flexibility index (Phi) is 5.85. The summed E-state index contributed by atoms with van der Waals surface area (Å²) < 4.78 is 2.06. The smallest absolute Gasteiger partial charge is 0.193 e. The third kappa shape index (κ3) is 4.16. The maximum atomic E-state index is 4.88. The minimum Gasteiger partial charge on any atom is -0.357 e. The van der Waals surface area contributed by atoms with Crippen LogP contribution in [-0.2, 0) is 6.42 Å². The molecule has 1 aliphatic rings. The number of aliphatic imine (C=N–C) groups is 1. The monoisotopic (exact) mass is 376 g/mol. The Balaban J connectivity index is 1.34. The first-order valence-corrected chi connectivity index (χ1v) is 10.2. The molecule has 28 heavy (non-hydrogen) atoms. The summed E-state index contributed by atoms with van der Waals surface area (Å²) in [4.78, 5) is 7.27. The summed E-state index contributed by atoms with van der Waals surface area (Å²) in [5.74, 6) is 2.63. The number of aryl methyl sites for hydroxylation is 1. The predicted octanol–water partition coefficient (Wildman–Crippen LogP) is 3.12. The number of fused-ring (bicyclic) bond motifs is 1. The van der Waals surface area contributed by atoms with Gasteiger partial charge in [0.25, 0.3) is 0 Å². The standard InChI is InChI=1S/C22H28N6/c1-2-23-22(27-16-13-19(17-27)18-9-4-3-5-10-18)24-14-8-12-21-26-25-20-11-6-7-15-28(20)21/h3-7,9-11,15,19H,2,8,12-14,16-17H2,1H3,(H,23,24). The lowest BCUT2D eigenvalue weighted by Gasteiger charge is -2.21. The van der Waals surface area contributed by atoms with Gasteiger partial charge in [0.05, 0.1) is 0 Å². The van der Waals surface area contributed by atoms with Crippen molar-refractivity contribution in [3.05, 3.63) is 66.1 Å². The molecule has 1 aromatic carbocycles. The zero-order valence-corrected chi connectivity index (χ0v) is 16.5. The number of hydrogen-bond donors (Lipinski definition) is 1. The van der Waals surface area contributed by atoms with Crippen molar-refractivity contribution in [2.24, 2.45) is 4.99 Å². The minimum absolute atomic E-state index is 0.590. The van der Waals surface area contributed by atoms with Gasteiger partial charge in [-0.1, -0.05) is 36.4 Å². The number of nitrogens with zero attached hydrogens (tertiary/aromatic N) is 5. The van der Waals surface area contributed by atoms with E-state index in [2.05, 4.69) is 62.1 Å². The van der Waals surface area contributed by atoms with Gasteiger partial charge in [-0.25, -0.2) is 0 Å². The molecule has 0 radical (unpaired) electrons. The first-order valence-electron chi connectivity index (χ1n) is 10.2.